The third-order valence-electron chi connectivity index (χ3n) is 14.4. The fourth-order valence-electron chi connectivity index (χ4n) is 10.6. The Bertz CT molecular complexity index is 3080. The Labute approximate surface area is 499 Å². The molecule has 28 heteroatoms. The maximum absolute atomic E-state index is 12.7. The van der Waals surface area contributed by atoms with Gasteiger partial charge in [-0.05, 0) is 110 Å². The fraction of sp³-hybridized carbons (Fsp3) is 0.492. The number of nitrogens with two attached hydrogens (primary N) is 4. The molecule has 9 rings (SSSR count). The number of methoxy groups -OCH3 is 3. The lowest BCUT2D eigenvalue weighted by atomic mass is 9.94. The zero-order valence-electron chi connectivity index (χ0n) is 47.5. The van der Waals surface area contributed by atoms with Crippen LogP contribution in [0, 0.1) is 17.8 Å². The molecule has 6 heterocycles. The predicted molar refractivity (Wildman–Crippen MR) is 318 cm³/mol. The van der Waals surface area contributed by atoms with E-state index in [0.717, 1.165) is 58.3 Å². The van der Waals surface area contributed by atoms with Crippen LogP contribution in [0.15, 0.2) is 91.4 Å². The minimum absolute atomic E-state index is 0. The van der Waals surface area contributed by atoms with Crippen molar-refractivity contribution in [3.63, 3.8) is 0 Å². The number of hydrogen-bond acceptors (Lipinski definition) is 16. The SMILES string of the molecule is C.C.COc1ccc(N2C[C@@H](C)C[C@@H](N)C2)c2cccnc12.COc1ccc(N2C[C@@H](C)C[C@@H](NC(=O)C(N)C(F)(F)F)C2)c2cccnc12.COc1ccc(N2C[C@@H](C)C[C@@H](NC(=O)C(N)C(F)(F)F)C2)c2cccnc12.NC(C(=O)O)C(F)(F)F. The number of ether oxygens (including phenoxy) is 3. The minimum Gasteiger partial charge on any atom is -0.494 e. The number of carboxylic acid groups (broad SMARTS) is 1. The van der Waals surface area contributed by atoms with Crippen molar-refractivity contribution in [1.82, 2.24) is 25.6 Å². The van der Waals surface area contributed by atoms with Crippen molar-refractivity contribution < 1.29 is 73.2 Å². The monoisotopic (exact) mass is 1240 g/mol. The summed E-state index contributed by atoms with van der Waals surface area (Å²) in [5.41, 5.74) is 25.7. The molecule has 2 amide bonds. The average Bonchev–Trinajstić information content (AvgIpc) is 1.47. The number of aliphatic carboxylic acids is 1. The molecule has 3 aromatic heterocycles. The molecule has 6 aromatic rings. The van der Waals surface area contributed by atoms with Crippen LogP contribution in [0.3, 0.4) is 0 Å². The number of benzene rings is 3. The van der Waals surface area contributed by atoms with Gasteiger partial charge in [-0.15, -0.1) is 0 Å². The summed E-state index contributed by atoms with van der Waals surface area (Å²) in [4.78, 5) is 53.0. The zero-order chi connectivity index (χ0) is 62.7. The molecule has 3 fully saturated rings. The average molecular weight is 1240 g/mol. The number of rotatable bonds is 11. The van der Waals surface area contributed by atoms with Gasteiger partial charge in [-0.2, -0.15) is 39.5 Å². The van der Waals surface area contributed by atoms with E-state index >= 15 is 0 Å². The van der Waals surface area contributed by atoms with Crippen LogP contribution in [0.1, 0.15) is 54.9 Å². The molecule has 480 valence electrons. The number of anilines is 3. The van der Waals surface area contributed by atoms with E-state index in [1.807, 2.05) is 74.5 Å². The van der Waals surface area contributed by atoms with E-state index in [4.69, 9.17) is 36.5 Å². The Morgan fingerprint density at radius 1 is 0.506 bits per heavy atom. The van der Waals surface area contributed by atoms with E-state index in [9.17, 15) is 53.9 Å². The third-order valence-corrected chi connectivity index (χ3v) is 14.4. The molecular weight excluding hydrogens is 1160 g/mol. The number of fused-ring (bicyclic) bond motifs is 3. The standard InChI is InChI=1S/2C19H23F3N4O2.C16H21N3O.C3H4F3NO2.2CH4/c2*1-11-8-12(25-18(27)17(23)19(20,21)22)10-26(9-11)14-5-6-15(28-2)16-13(14)4-3-7-24-16;1-11-8-12(17)10-19(9-11)14-5-6-15(20-2)16-13(14)4-3-7-18-16;4-3(5,6)1(7)2(8)9;;/h2*3-7,11-12,17H,8-10,23H2,1-2H3,(H,25,27);3-7,11-12H,8-10,17H2,1-2H3;1H,7H2,(H,8,9);2*1H4/t2*11-,12+,17?;11-,12+;;;/m000.../s1. The number of nitrogens with zero attached hydrogens (tertiary/aromatic N) is 6. The van der Waals surface area contributed by atoms with E-state index in [1.165, 1.54) is 5.69 Å². The number of aromatic nitrogens is 3. The topological polar surface area (TPSA) is 276 Å². The molecule has 19 nitrogen and oxygen atoms in total. The molecule has 11 N–H and O–H groups in total. The number of pyridine rings is 3. The number of nitrogens with one attached hydrogen (secondary N) is 2. The number of carboxylic acids is 1. The Kier molecular flexibility index (Phi) is 25.4. The molecule has 0 radical (unpaired) electrons. The van der Waals surface area contributed by atoms with E-state index in [0.29, 0.717) is 67.5 Å². The largest absolute Gasteiger partial charge is 0.494 e. The summed E-state index contributed by atoms with van der Waals surface area (Å²) in [6, 6.07) is 14.7. The number of halogens is 9. The summed E-state index contributed by atoms with van der Waals surface area (Å²) in [5.74, 6) is -1.39. The number of carbonyl (C=O) groups is 3. The second-order valence-corrected chi connectivity index (χ2v) is 21.4. The van der Waals surface area contributed by atoms with Gasteiger partial charge >= 0.3 is 24.5 Å². The van der Waals surface area contributed by atoms with E-state index in [-0.39, 0.29) is 32.7 Å². The first-order valence-electron chi connectivity index (χ1n) is 27.0. The predicted octanol–water partition coefficient (Wildman–Crippen LogP) is 8.58. The Hall–Kier alpha value is -7.69. The van der Waals surface area contributed by atoms with Crippen molar-refractivity contribution in [2.45, 2.75) is 110 Å². The van der Waals surface area contributed by atoms with Gasteiger partial charge in [0.1, 0.15) is 33.8 Å². The molecule has 0 aliphatic carbocycles. The number of alkyl halides is 9. The molecule has 3 aliphatic heterocycles. The summed E-state index contributed by atoms with van der Waals surface area (Å²) in [6.45, 7) is 10.4. The first-order chi connectivity index (χ1) is 39.9. The molecule has 3 aromatic carbocycles. The molecule has 0 spiro atoms. The molecule has 3 saturated heterocycles. The van der Waals surface area contributed by atoms with Gasteiger partial charge in [-0.3, -0.25) is 29.3 Å². The van der Waals surface area contributed by atoms with Gasteiger partial charge in [0.2, 0.25) is 11.8 Å². The van der Waals surface area contributed by atoms with Gasteiger partial charge in [0.05, 0.1) is 21.3 Å². The van der Waals surface area contributed by atoms with Crippen molar-refractivity contribution in [2.75, 3.05) is 75.3 Å². The van der Waals surface area contributed by atoms with Crippen LogP contribution in [0.25, 0.3) is 32.7 Å². The van der Waals surface area contributed by atoms with Crippen LogP contribution in [0.4, 0.5) is 56.6 Å². The highest BCUT2D eigenvalue weighted by atomic mass is 19.4. The summed E-state index contributed by atoms with van der Waals surface area (Å²) in [6.07, 6.45) is -6.94. The maximum Gasteiger partial charge on any atom is 0.414 e. The molecule has 3 unspecified atom stereocenters. The lowest BCUT2D eigenvalue weighted by molar-refractivity contribution is -0.174. The molecule has 87 heavy (non-hydrogen) atoms. The van der Waals surface area contributed by atoms with Crippen LogP contribution in [0.2, 0.25) is 0 Å². The smallest absolute Gasteiger partial charge is 0.414 e. The zero-order valence-corrected chi connectivity index (χ0v) is 47.5. The molecule has 0 bridgehead atoms. The van der Waals surface area contributed by atoms with Crippen LogP contribution in [-0.4, -0.2) is 153 Å². The fourth-order valence-corrected chi connectivity index (χ4v) is 10.6. The van der Waals surface area contributed by atoms with Crippen molar-refractivity contribution >= 4 is 67.6 Å². The van der Waals surface area contributed by atoms with Crippen molar-refractivity contribution in [3.05, 3.63) is 91.4 Å². The molecular formula is C59H79F9N12O7. The normalized spacial score (nSPS) is 20.7. The van der Waals surface area contributed by atoms with Crippen LogP contribution >= 0.6 is 0 Å². The van der Waals surface area contributed by atoms with Crippen molar-refractivity contribution in [2.24, 2.45) is 40.7 Å². The van der Waals surface area contributed by atoms with Crippen LogP contribution in [0.5, 0.6) is 17.2 Å². The van der Waals surface area contributed by atoms with Crippen molar-refractivity contribution in [3.8, 4) is 17.2 Å². The number of hydrogen-bond donors (Lipinski definition) is 7. The highest BCUT2D eigenvalue weighted by Crippen LogP contribution is 2.38. The summed E-state index contributed by atoms with van der Waals surface area (Å²) < 4.78 is 126. The molecule has 0 saturated carbocycles. The van der Waals surface area contributed by atoms with Crippen molar-refractivity contribution in [1.29, 1.82) is 0 Å². The van der Waals surface area contributed by atoms with Gasteiger partial charge in [-0.25, -0.2) is 0 Å². The van der Waals surface area contributed by atoms with Crippen LogP contribution < -0.4 is 62.5 Å². The van der Waals surface area contributed by atoms with E-state index in [2.05, 4.69) is 65.1 Å². The summed E-state index contributed by atoms with van der Waals surface area (Å²) >= 11 is 0. The van der Waals surface area contributed by atoms with Gasteiger partial charge < -0.3 is 67.6 Å². The first kappa shape index (κ1) is 71.8. The Morgan fingerprint density at radius 2 is 0.805 bits per heavy atom. The second kappa shape index (κ2) is 30.8. The van der Waals surface area contributed by atoms with Gasteiger partial charge in [0.25, 0.3) is 0 Å². The lowest BCUT2D eigenvalue weighted by Crippen LogP contribution is -2.57. The van der Waals surface area contributed by atoms with Gasteiger partial charge in [-0.1, -0.05) is 35.6 Å². The van der Waals surface area contributed by atoms with Gasteiger partial charge in [0.15, 0.2) is 18.1 Å². The second-order valence-electron chi connectivity index (χ2n) is 21.4. The van der Waals surface area contributed by atoms with E-state index < -0.39 is 66.5 Å². The minimum atomic E-state index is -4.84. The quantitative estimate of drug-likeness (QED) is 0.0598. The molecule has 3 aliphatic rings. The van der Waals surface area contributed by atoms with Crippen LogP contribution in [-0.2, 0) is 14.4 Å². The number of carbonyl (C=O) groups excluding carboxylic acids is 2. The Morgan fingerprint density at radius 3 is 1.07 bits per heavy atom. The number of amides is 2. The first-order valence-corrected chi connectivity index (χ1v) is 27.0. The number of piperidine rings is 3. The lowest BCUT2D eigenvalue weighted by Gasteiger charge is -2.39. The van der Waals surface area contributed by atoms with E-state index in [1.54, 1.807) is 39.9 Å². The van der Waals surface area contributed by atoms with Gasteiger partial charge in [0, 0.05) is 109 Å². The third kappa shape index (κ3) is 18.7. The molecule has 9 atom stereocenters. The Balaban J connectivity index is 0.000000261. The highest BCUT2D eigenvalue weighted by molar-refractivity contribution is 5.98. The maximum atomic E-state index is 12.7. The summed E-state index contributed by atoms with van der Waals surface area (Å²) in [5, 5.41) is 15.5. The summed E-state index contributed by atoms with van der Waals surface area (Å²) in [7, 11) is 4.82. The highest BCUT2D eigenvalue weighted by Gasteiger charge is 2.45.